The molecular formula is C30H25F2N7O2S. The summed E-state index contributed by atoms with van der Waals surface area (Å²) in [5, 5.41) is 0.577. The summed E-state index contributed by atoms with van der Waals surface area (Å²) in [6.07, 6.45) is 3.37. The standard InChI is InChI=1S/C30H25F2N7O2S/c1-13(2)21-24(14(3)9-10-35-21)39-29-19-25(41-12-15-6-5-11-38(15)28(19)37-30(39)40)20(32)22(36-29)16-7-8-17(31)26-18(16)23(34-4)27(33)42-26/h7-10,13,15H,5-6,11-12,33H2,1-3H3/t15-/m1/s1. The molecule has 0 aliphatic carbocycles. The first kappa shape index (κ1) is 26.3. The maximum Gasteiger partial charge on any atom is 0.355 e. The van der Waals surface area contributed by atoms with E-state index in [0.29, 0.717) is 23.7 Å². The number of hydrogen-bond donors (Lipinski definition) is 1. The number of fused-ring (bicyclic) bond motifs is 3. The first-order valence-corrected chi connectivity index (χ1v) is 14.4. The zero-order valence-electron chi connectivity index (χ0n) is 23.0. The van der Waals surface area contributed by atoms with Crippen LogP contribution in [0.15, 0.2) is 29.2 Å². The van der Waals surface area contributed by atoms with E-state index in [9.17, 15) is 9.18 Å². The van der Waals surface area contributed by atoms with E-state index < -0.39 is 17.3 Å². The Morgan fingerprint density at radius 3 is 2.79 bits per heavy atom. The van der Waals surface area contributed by atoms with Crippen LogP contribution < -0.4 is 21.1 Å². The lowest BCUT2D eigenvalue weighted by Gasteiger charge is -2.24. The van der Waals surface area contributed by atoms with Crippen molar-refractivity contribution in [2.75, 3.05) is 23.8 Å². The quantitative estimate of drug-likeness (QED) is 0.249. The molecule has 4 aromatic heterocycles. The minimum absolute atomic E-state index is 0.0243. The Bertz CT molecular complexity index is 2060. The fourth-order valence-corrected chi connectivity index (χ4v) is 7.08. The van der Waals surface area contributed by atoms with Crippen LogP contribution in [0.25, 0.3) is 42.9 Å². The number of benzene rings is 1. The Labute approximate surface area is 243 Å². The van der Waals surface area contributed by atoms with Crippen molar-refractivity contribution < 1.29 is 13.5 Å². The Morgan fingerprint density at radius 1 is 1.21 bits per heavy atom. The molecule has 1 saturated heterocycles. The number of rotatable bonds is 3. The SMILES string of the molecule is [C-]#[N+]c1c(N)sc2c(F)ccc(-c3nc4c5c(nc(=O)n4-c4c(C)ccnc4C(C)C)N4CCC[C@@H]4COc5c3F)c12. The maximum atomic E-state index is 16.7. The summed E-state index contributed by atoms with van der Waals surface area (Å²) in [4.78, 5) is 33.4. The third-order valence-corrected chi connectivity index (χ3v) is 9.07. The Kier molecular flexibility index (Phi) is 5.92. The van der Waals surface area contributed by atoms with Crippen molar-refractivity contribution in [1.29, 1.82) is 0 Å². The molecule has 0 unspecified atom stereocenters. The maximum absolute atomic E-state index is 16.7. The van der Waals surface area contributed by atoms with Crippen molar-refractivity contribution in [3.8, 4) is 22.7 Å². The summed E-state index contributed by atoms with van der Waals surface area (Å²) < 4.78 is 39.3. The molecule has 0 amide bonds. The van der Waals surface area contributed by atoms with Gasteiger partial charge in [0.2, 0.25) is 5.69 Å². The van der Waals surface area contributed by atoms with E-state index in [1.807, 2.05) is 25.7 Å². The summed E-state index contributed by atoms with van der Waals surface area (Å²) >= 11 is 0.923. The van der Waals surface area contributed by atoms with E-state index in [1.165, 1.54) is 16.7 Å². The van der Waals surface area contributed by atoms with Gasteiger partial charge in [0, 0.05) is 23.7 Å². The second kappa shape index (κ2) is 9.46. The highest BCUT2D eigenvalue weighted by atomic mass is 32.1. The summed E-state index contributed by atoms with van der Waals surface area (Å²) in [6, 6.07) is 4.30. The molecule has 1 fully saturated rings. The first-order chi connectivity index (χ1) is 20.2. The van der Waals surface area contributed by atoms with Crippen molar-refractivity contribution in [3.63, 3.8) is 0 Å². The van der Waals surface area contributed by atoms with Crippen molar-refractivity contribution in [1.82, 2.24) is 19.5 Å². The fourth-order valence-electron chi connectivity index (χ4n) is 6.14. The lowest BCUT2D eigenvalue weighted by molar-refractivity contribution is 0.283. The number of hydrogen-bond acceptors (Lipinski definition) is 8. The number of aryl methyl sites for hydroxylation is 1. The number of thiophene rings is 1. The number of halogens is 2. The molecule has 0 bridgehead atoms. The van der Waals surface area contributed by atoms with Crippen LogP contribution in [0.1, 0.15) is 43.9 Å². The van der Waals surface area contributed by atoms with E-state index in [-0.39, 0.29) is 67.4 Å². The summed E-state index contributed by atoms with van der Waals surface area (Å²) in [5.41, 5.74) is 7.61. The van der Waals surface area contributed by atoms with E-state index in [4.69, 9.17) is 22.0 Å². The number of nitrogens with zero attached hydrogens (tertiary/aromatic N) is 6. The molecule has 9 nitrogen and oxygen atoms in total. The summed E-state index contributed by atoms with van der Waals surface area (Å²) in [6.45, 7) is 14.3. The van der Waals surface area contributed by atoms with Crippen LogP contribution in [-0.4, -0.2) is 38.7 Å². The molecule has 2 N–H and O–H groups in total. The van der Waals surface area contributed by atoms with Crippen molar-refractivity contribution >= 4 is 49.0 Å². The Balaban J connectivity index is 1.67. The molecule has 2 aliphatic heterocycles. The average Bonchev–Trinajstić information content (AvgIpc) is 3.53. The second-order valence-electron chi connectivity index (χ2n) is 10.9. The van der Waals surface area contributed by atoms with E-state index >= 15 is 4.39 Å². The molecule has 2 aliphatic rings. The molecule has 0 spiro atoms. The monoisotopic (exact) mass is 585 g/mol. The van der Waals surface area contributed by atoms with Crippen molar-refractivity contribution in [2.24, 2.45) is 0 Å². The summed E-state index contributed by atoms with van der Waals surface area (Å²) in [7, 11) is 0. The van der Waals surface area contributed by atoms with Crippen LogP contribution in [0.2, 0.25) is 0 Å². The van der Waals surface area contributed by atoms with Crippen LogP contribution >= 0.6 is 11.3 Å². The Morgan fingerprint density at radius 2 is 2.02 bits per heavy atom. The van der Waals surface area contributed by atoms with Gasteiger partial charge in [0.05, 0.1) is 33.7 Å². The molecule has 42 heavy (non-hydrogen) atoms. The fraction of sp³-hybridized carbons (Fsp3) is 0.300. The second-order valence-corrected chi connectivity index (χ2v) is 12.0. The highest BCUT2D eigenvalue weighted by Crippen LogP contribution is 2.49. The largest absolute Gasteiger partial charge is 0.487 e. The van der Waals surface area contributed by atoms with E-state index in [1.54, 1.807) is 12.3 Å². The molecule has 0 saturated carbocycles. The van der Waals surface area contributed by atoms with Gasteiger partial charge in [-0.05, 0) is 43.4 Å². The van der Waals surface area contributed by atoms with Gasteiger partial charge in [-0.1, -0.05) is 19.9 Å². The number of nitrogens with two attached hydrogens (primary N) is 1. The van der Waals surface area contributed by atoms with Gasteiger partial charge in [-0.15, -0.1) is 11.3 Å². The third kappa shape index (κ3) is 3.62. The molecule has 1 aromatic carbocycles. The number of ether oxygens (including phenoxy) is 1. The third-order valence-electron chi connectivity index (χ3n) is 8.06. The predicted octanol–water partition coefficient (Wildman–Crippen LogP) is 6.26. The van der Waals surface area contributed by atoms with Gasteiger partial charge in [-0.3, -0.25) is 4.98 Å². The molecule has 6 heterocycles. The normalized spacial score (nSPS) is 16.1. The zero-order chi connectivity index (χ0) is 29.4. The van der Waals surface area contributed by atoms with Crippen molar-refractivity contribution in [3.05, 3.63) is 69.2 Å². The van der Waals surface area contributed by atoms with Gasteiger partial charge < -0.3 is 15.4 Å². The smallest absolute Gasteiger partial charge is 0.355 e. The first-order valence-electron chi connectivity index (χ1n) is 13.6. The lowest BCUT2D eigenvalue weighted by Crippen LogP contribution is -2.35. The molecular weight excluding hydrogens is 560 g/mol. The minimum atomic E-state index is -0.780. The molecule has 1 atom stereocenters. The summed E-state index contributed by atoms with van der Waals surface area (Å²) in [5.74, 6) is -1.16. The van der Waals surface area contributed by atoms with Gasteiger partial charge in [0.15, 0.2) is 17.2 Å². The average molecular weight is 586 g/mol. The van der Waals surface area contributed by atoms with Gasteiger partial charge in [0.25, 0.3) is 0 Å². The van der Waals surface area contributed by atoms with Gasteiger partial charge >= 0.3 is 5.69 Å². The molecule has 12 heteroatoms. The van der Waals surface area contributed by atoms with E-state index in [0.717, 1.165) is 29.7 Å². The van der Waals surface area contributed by atoms with Crippen LogP contribution in [0, 0.1) is 25.1 Å². The molecule has 212 valence electrons. The number of nitrogen functional groups attached to an aromatic ring is 1. The molecule has 7 rings (SSSR count). The van der Waals surface area contributed by atoms with E-state index in [2.05, 4.69) is 14.8 Å². The number of anilines is 2. The van der Waals surface area contributed by atoms with Crippen molar-refractivity contribution in [2.45, 2.75) is 45.6 Å². The number of pyridine rings is 2. The van der Waals surface area contributed by atoms with Crippen LogP contribution in [0.4, 0.5) is 25.3 Å². The molecule has 0 radical (unpaired) electrons. The van der Waals surface area contributed by atoms with Crippen LogP contribution in [0.5, 0.6) is 5.75 Å². The highest BCUT2D eigenvalue weighted by molar-refractivity contribution is 7.23. The van der Waals surface area contributed by atoms with Gasteiger partial charge in [-0.2, -0.15) is 4.98 Å². The highest BCUT2D eigenvalue weighted by Gasteiger charge is 2.36. The minimum Gasteiger partial charge on any atom is -0.487 e. The predicted molar refractivity (Wildman–Crippen MR) is 159 cm³/mol. The number of aromatic nitrogens is 4. The topological polar surface area (TPSA) is 104 Å². The van der Waals surface area contributed by atoms with Crippen LogP contribution in [-0.2, 0) is 0 Å². The zero-order valence-corrected chi connectivity index (χ0v) is 23.9. The van der Waals surface area contributed by atoms with Gasteiger partial charge in [0.1, 0.15) is 29.3 Å². The molecule has 5 aromatic rings. The van der Waals surface area contributed by atoms with Gasteiger partial charge in [-0.25, -0.2) is 28.0 Å². The lowest BCUT2D eigenvalue weighted by atomic mass is 10.0. The Hall–Kier alpha value is -4.63. The van der Waals surface area contributed by atoms with Crippen LogP contribution in [0.3, 0.4) is 0 Å².